The Bertz CT molecular complexity index is 234. The molecule has 0 rings (SSSR count). The van der Waals surface area contributed by atoms with Gasteiger partial charge in [-0.25, -0.2) is 0 Å². The summed E-state index contributed by atoms with van der Waals surface area (Å²) in [6, 6.07) is -0.289. The second-order valence-electron chi connectivity index (χ2n) is 2.95. The predicted molar refractivity (Wildman–Crippen MR) is 57.4 cm³/mol. The van der Waals surface area contributed by atoms with Crippen molar-refractivity contribution in [3.8, 4) is 0 Å². The van der Waals surface area contributed by atoms with Gasteiger partial charge in [0.05, 0.1) is 7.11 Å². The van der Waals surface area contributed by atoms with Gasteiger partial charge in [0, 0.05) is 12.4 Å². The van der Waals surface area contributed by atoms with Crippen molar-refractivity contribution < 1.29 is 9.53 Å². The van der Waals surface area contributed by atoms with Gasteiger partial charge >= 0.3 is 5.97 Å². The summed E-state index contributed by atoms with van der Waals surface area (Å²) in [6.07, 6.45) is 4.06. The first-order chi connectivity index (χ1) is 6.65. The zero-order chi connectivity index (χ0) is 11.0. The van der Waals surface area contributed by atoms with Crippen LogP contribution in [0.5, 0.6) is 0 Å². The van der Waals surface area contributed by atoms with Crippen LogP contribution in [0.3, 0.4) is 0 Å². The summed E-state index contributed by atoms with van der Waals surface area (Å²) in [5.74, 6) is -0.249. The van der Waals surface area contributed by atoms with Gasteiger partial charge in [-0.3, -0.25) is 9.79 Å². The van der Waals surface area contributed by atoms with Crippen LogP contribution in [0.25, 0.3) is 0 Å². The van der Waals surface area contributed by atoms with Gasteiger partial charge in [-0.1, -0.05) is 5.57 Å². The van der Waals surface area contributed by atoms with E-state index in [-0.39, 0.29) is 12.0 Å². The molecule has 0 fully saturated rings. The summed E-state index contributed by atoms with van der Waals surface area (Å²) < 4.78 is 4.64. The molecule has 4 nitrogen and oxygen atoms in total. The molecule has 0 heterocycles. The van der Waals surface area contributed by atoms with Crippen LogP contribution < -0.4 is 5.32 Å². The van der Waals surface area contributed by atoms with Gasteiger partial charge in [0.15, 0.2) is 0 Å². The van der Waals surface area contributed by atoms with Crippen molar-refractivity contribution in [1.82, 2.24) is 5.32 Å². The first-order valence-corrected chi connectivity index (χ1v) is 4.54. The number of nitrogens with zero attached hydrogens (tertiary/aromatic N) is 1. The highest BCUT2D eigenvalue weighted by Gasteiger charge is 2.16. The predicted octanol–water partition coefficient (Wildman–Crippen LogP) is 1.13. The molecule has 80 valence electrons. The molecule has 0 saturated heterocycles. The lowest BCUT2D eigenvalue weighted by atomic mass is 10.1. The minimum Gasteiger partial charge on any atom is -0.468 e. The third-order valence-corrected chi connectivity index (χ3v) is 1.80. The second kappa shape index (κ2) is 7.26. The summed E-state index contributed by atoms with van der Waals surface area (Å²) in [4.78, 5) is 15.2. The standard InChI is InChI=1S/C10H18N2O2/c1-5-12-7-8(2)6-9(11-3)10(13)14-4/h5,7,9,11H,6H2,1-4H3/b8-7+,12-5?. The van der Waals surface area contributed by atoms with Crippen LogP contribution >= 0.6 is 0 Å². The maximum absolute atomic E-state index is 11.2. The maximum Gasteiger partial charge on any atom is 0.323 e. The SMILES string of the molecule is CC=N/C=C(\C)CC(NC)C(=O)OC. The molecule has 0 aromatic carbocycles. The Morgan fingerprint density at radius 2 is 2.29 bits per heavy atom. The molecule has 1 atom stereocenters. The lowest BCUT2D eigenvalue weighted by Gasteiger charge is -2.12. The number of esters is 1. The highest BCUT2D eigenvalue weighted by Crippen LogP contribution is 2.05. The molecular weight excluding hydrogens is 180 g/mol. The van der Waals surface area contributed by atoms with Crippen LogP contribution in [0.4, 0.5) is 0 Å². The molecule has 0 bridgehead atoms. The van der Waals surface area contributed by atoms with Gasteiger partial charge in [-0.15, -0.1) is 0 Å². The fraction of sp³-hybridized carbons (Fsp3) is 0.600. The van der Waals surface area contributed by atoms with E-state index in [0.717, 1.165) is 5.57 Å². The zero-order valence-electron chi connectivity index (χ0n) is 9.20. The molecule has 1 N–H and O–H groups in total. The normalized spacial score (nSPS) is 14.4. The lowest BCUT2D eigenvalue weighted by molar-refractivity contribution is -0.142. The van der Waals surface area contributed by atoms with E-state index in [2.05, 4.69) is 15.0 Å². The molecule has 0 amide bonds. The summed E-state index contributed by atoms with van der Waals surface area (Å²) in [5.41, 5.74) is 1.04. The van der Waals surface area contributed by atoms with Crippen LogP contribution in [0, 0.1) is 0 Å². The molecule has 4 heteroatoms. The zero-order valence-corrected chi connectivity index (χ0v) is 9.20. The number of carbonyl (C=O) groups excluding carboxylic acids is 1. The second-order valence-corrected chi connectivity index (χ2v) is 2.95. The number of methoxy groups -OCH3 is 1. The summed E-state index contributed by atoms with van der Waals surface area (Å²) in [6.45, 7) is 3.78. The third-order valence-electron chi connectivity index (χ3n) is 1.80. The highest BCUT2D eigenvalue weighted by molar-refractivity contribution is 5.75. The molecule has 0 aliphatic carbocycles. The largest absolute Gasteiger partial charge is 0.468 e. The van der Waals surface area contributed by atoms with Crippen LogP contribution in [0.1, 0.15) is 20.3 Å². The van der Waals surface area contributed by atoms with Crippen molar-refractivity contribution in [2.45, 2.75) is 26.3 Å². The number of aliphatic imine (C=N–C) groups is 1. The van der Waals surface area contributed by atoms with E-state index in [9.17, 15) is 4.79 Å². The maximum atomic E-state index is 11.2. The lowest BCUT2D eigenvalue weighted by Crippen LogP contribution is -2.35. The van der Waals surface area contributed by atoms with Crippen molar-refractivity contribution in [2.75, 3.05) is 14.2 Å². The van der Waals surface area contributed by atoms with Gasteiger partial charge in [0.25, 0.3) is 0 Å². The number of ether oxygens (including phenoxy) is 1. The Kier molecular flexibility index (Phi) is 6.66. The van der Waals surface area contributed by atoms with E-state index in [1.54, 1.807) is 19.5 Å². The number of likely N-dealkylation sites (N-methyl/N-ethyl adjacent to an activating group) is 1. The van der Waals surface area contributed by atoms with E-state index in [0.29, 0.717) is 6.42 Å². The Morgan fingerprint density at radius 1 is 1.64 bits per heavy atom. The summed E-state index contributed by atoms with van der Waals surface area (Å²) >= 11 is 0. The van der Waals surface area contributed by atoms with Crippen molar-refractivity contribution in [1.29, 1.82) is 0 Å². The quantitative estimate of drug-likeness (QED) is 0.532. The van der Waals surface area contributed by atoms with E-state index in [4.69, 9.17) is 0 Å². The van der Waals surface area contributed by atoms with Gasteiger partial charge < -0.3 is 10.1 Å². The monoisotopic (exact) mass is 198 g/mol. The van der Waals surface area contributed by atoms with Crippen LogP contribution in [-0.4, -0.2) is 32.4 Å². The average molecular weight is 198 g/mol. The number of carbonyl (C=O) groups is 1. The molecule has 0 saturated carbocycles. The van der Waals surface area contributed by atoms with Gasteiger partial charge in [0.2, 0.25) is 0 Å². The van der Waals surface area contributed by atoms with E-state index < -0.39 is 0 Å². The average Bonchev–Trinajstić information content (AvgIpc) is 2.21. The molecule has 0 spiro atoms. The van der Waals surface area contributed by atoms with Gasteiger partial charge in [-0.05, 0) is 27.3 Å². The fourth-order valence-electron chi connectivity index (χ4n) is 1.02. The number of rotatable bonds is 5. The minimum atomic E-state index is -0.289. The van der Waals surface area contributed by atoms with Gasteiger partial charge in [0.1, 0.15) is 6.04 Å². The Morgan fingerprint density at radius 3 is 2.71 bits per heavy atom. The molecule has 0 aromatic rings. The Hall–Kier alpha value is -1.16. The third kappa shape index (κ3) is 4.77. The van der Waals surface area contributed by atoms with Crippen LogP contribution in [0.2, 0.25) is 0 Å². The van der Waals surface area contributed by atoms with E-state index >= 15 is 0 Å². The molecule has 0 aliphatic rings. The Balaban J connectivity index is 4.24. The van der Waals surface area contributed by atoms with Crippen LogP contribution in [0.15, 0.2) is 16.8 Å². The molecule has 0 radical (unpaired) electrons. The van der Waals surface area contributed by atoms with Gasteiger partial charge in [-0.2, -0.15) is 0 Å². The first kappa shape index (κ1) is 12.8. The molecule has 0 aromatic heterocycles. The van der Waals surface area contributed by atoms with Crippen molar-refractivity contribution in [2.24, 2.45) is 4.99 Å². The smallest absolute Gasteiger partial charge is 0.323 e. The highest BCUT2D eigenvalue weighted by atomic mass is 16.5. The molecule has 0 aliphatic heterocycles. The van der Waals surface area contributed by atoms with E-state index in [1.807, 2.05) is 13.8 Å². The van der Waals surface area contributed by atoms with Crippen molar-refractivity contribution >= 4 is 12.2 Å². The minimum absolute atomic E-state index is 0.249. The van der Waals surface area contributed by atoms with Crippen LogP contribution in [-0.2, 0) is 9.53 Å². The number of nitrogens with one attached hydrogen (secondary N) is 1. The number of hydrogen-bond acceptors (Lipinski definition) is 4. The topological polar surface area (TPSA) is 50.7 Å². The van der Waals surface area contributed by atoms with E-state index in [1.165, 1.54) is 7.11 Å². The first-order valence-electron chi connectivity index (χ1n) is 4.54. The summed E-state index contributed by atoms with van der Waals surface area (Å²) in [5, 5.41) is 2.89. The molecule has 14 heavy (non-hydrogen) atoms. The molecule has 1 unspecified atom stereocenters. The van der Waals surface area contributed by atoms with Crippen molar-refractivity contribution in [3.63, 3.8) is 0 Å². The van der Waals surface area contributed by atoms with Crippen molar-refractivity contribution in [3.05, 3.63) is 11.8 Å². The summed E-state index contributed by atoms with van der Waals surface area (Å²) in [7, 11) is 3.12. The fourth-order valence-corrected chi connectivity index (χ4v) is 1.02. The molecular formula is C10H18N2O2. The number of hydrogen-bond donors (Lipinski definition) is 1. The Labute approximate surface area is 85.1 Å².